The Bertz CT molecular complexity index is 469. The Morgan fingerprint density at radius 3 is 2.61 bits per heavy atom. The molecule has 0 radical (unpaired) electrons. The van der Waals surface area contributed by atoms with Gasteiger partial charge in [0, 0.05) is 17.5 Å². The number of fused-ring (bicyclic) bond motifs is 1. The van der Waals surface area contributed by atoms with E-state index in [1.54, 1.807) is 0 Å². The molecule has 0 spiro atoms. The van der Waals surface area contributed by atoms with E-state index in [4.69, 9.17) is 16.3 Å². The van der Waals surface area contributed by atoms with Gasteiger partial charge in [0.15, 0.2) is 0 Å². The molecule has 0 saturated heterocycles. The lowest BCUT2D eigenvalue weighted by molar-refractivity contribution is -0.274. The zero-order valence-electron chi connectivity index (χ0n) is 9.90. The number of ether oxygens (including phenoxy) is 2. The average Bonchev–Trinajstić information content (AvgIpc) is 2.48. The summed E-state index contributed by atoms with van der Waals surface area (Å²) >= 11 is 5.73. The van der Waals surface area contributed by atoms with Gasteiger partial charge in [0.1, 0.15) is 17.1 Å². The number of alkyl halides is 4. The highest BCUT2D eigenvalue weighted by Gasteiger charge is 2.35. The van der Waals surface area contributed by atoms with Crippen LogP contribution in [0.25, 0.3) is 0 Å². The third-order valence-corrected chi connectivity index (χ3v) is 2.88. The molecule has 0 atom stereocenters. The average molecular weight is 281 g/mol. The Kier molecular flexibility index (Phi) is 3.13. The lowest BCUT2D eigenvalue weighted by Crippen LogP contribution is -2.24. The standard InChI is InChI=1S/C12H12ClF3O2/c1-11(2)5-7-3-9(17-12(14,15)16)4-8(6-13)10(7)18-11/h3-4H,5-6H2,1-2H3. The lowest BCUT2D eigenvalue weighted by atomic mass is 10.0. The first-order valence-electron chi connectivity index (χ1n) is 5.37. The van der Waals surface area contributed by atoms with Crippen LogP contribution in [0.15, 0.2) is 12.1 Å². The maximum Gasteiger partial charge on any atom is 0.573 e. The molecule has 0 unspecified atom stereocenters. The fraction of sp³-hybridized carbons (Fsp3) is 0.500. The molecule has 0 amide bonds. The Hall–Kier alpha value is -1.10. The van der Waals surface area contributed by atoms with E-state index < -0.39 is 12.0 Å². The fourth-order valence-electron chi connectivity index (χ4n) is 2.05. The van der Waals surface area contributed by atoms with Crippen LogP contribution in [-0.4, -0.2) is 12.0 Å². The Morgan fingerprint density at radius 1 is 1.39 bits per heavy atom. The lowest BCUT2D eigenvalue weighted by Gasteiger charge is -2.18. The first-order chi connectivity index (χ1) is 8.20. The number of hydrogen-bond acceptors (Lipinski definition) is 2. The van der Waals surface area contributed by atoms with E-state index >= 15 is 0 Å². The maximum atomic E-state index is 12.2. The summed E-state index contributed by atoms with van der Waals surface area (Å²) in [4.78, 5) is 0. The van der Waals surface area contributed by atoms with Crippen LogP contribution in [0.1, 0.15) is 25.0 Å². The van der Waals surface area contributed by atoms with Crippen molar-refractivity contribution in [1.29, 1.82) is 0 Å². The minimum absolute atomic E-state index is 0.0769. The van der Waals surface area contributed by atoms with Gasteiger partial charge in [-0.1, -0.05) is 0 Å². The number of halogens is 4. The number of hydrogen-bond donors (Lipinski definition) is 0. The van der Waals surface area contributed by atoms with Gasteiger partial charge in [-0.2, -0.15) is 0 Å². The van der Waals surface area contributed by atoms with Gasteiger partial charge in [0.25, 0.3) is 0 Å². The van der Waals surface area contributed by atoms with Gasteiger partial charge in [-0.15, -0.1) is 24.8 Å². The highest BCUT2D eigenvalue weighted by atomic mass is 35.5. The van der Waals surface area contributed by atoms with Crippen molar-refractivity contribution in [2.24, 2.45) is 0 Å². The van der Waals surface area contributed by atoms with Crippen LogP contribution in [0.3, 0.4) is 0 Å². The largest absolute Gasteiger partial charge is 0.573 e. The molecule has 100 valence electrons. The monoisotopic (exact) mass is 280 g/mol. The summed E-state index contributed by atoms with van der Waals surface area (Å²) in [6.07, 6.45) is -4.17. The molecule has 2 rings (SSSR count). The maximum absolute atomic E-state index is 12.2. The van der Waals surface area contributed by atoms with Gasteiger partial charge in [-0.25, -0.2) is 0 Å². The Morgan fingerprint density at radius 2 is 2.06 bits per heavy atom. The third kappa shape index (κ3) is 2.83. The van der Waals surface area contributed by atoms with E-state index in [2.05, 4.69) is 4.74 Å². The zero-order valence-corrected chi connectivity index (χ0v) is 10.7. The van der Waals surface area contributed by atoms with Gasteiger partial charge < -0.3 is 9.47 Å². The molecule has 1 aromatic rings. The molecule has 0 fully saturated rings. The van der Waals surface area contributed by atoms with Gasteiger partial charge >= 0.3 is 6.36 Å². The second-order valence-electron chi connectivity index (χ2n) is 4.79. The SMILES string of the molecule is CC1(C)Cc2cc(OC(F)(F)F)cc(CCl)c2O1. The summed E-state index contributed by atoms with van der Waals surface area (Å²) in [6.45, 7) is 3.74. The van der Waals surface area contributed by atoms with Crippen LogP contribution in [0, 0.1) is 0 Å². The van der Waals surface area contributed by atoms with Crippen LogP contribution in [0.4, 0.5) is 13.2 Å². The highest BCUT2D eigenvalue weighted by molar-refractivity contribution is 6.17. The van der Waals surface area contributed by atoms with E-state index in [9.17, 15) is 13.2 Å². The van der Waals surface area contributed by atoms with Crippen LogP contribution in [0.5, 0.6) is 11.5 Å². The molecule has 1 aliphatic rings. The van der Waals surface area contributed by atoms with E-state index in [1.807, 2.05) is 13.8 Å². The number of benzene rings is 1. The quantitative estimate of drug-likeness (QED) is 0.761. The molecule has 1 heterocycles. The van der Waals surface area contributed by atoms with Crippen molar-refractivity contribution in [2.45, 2.75) is 38.1 Å². The highest BCUT2D eigenvalue weighted by Crippen LogP contribution is 2.41. The molecule has 0 aliphatic carbocycles. The van der Waals surface area contributed by atoms with E-state index in [1.165, 1.54) is 12.1 Å². The zero-order chi connectivity index (χ0) is 13.6. The van der Waals surface area contributed by atoms with Crippen molar-refractivity contribution in [3.05, 3.63) is 23.3 Å². The molecule has 6 heteroatoms. The van der Waals surface area contributed by atoms with Crippen molar-refractivity contribution in [3.8, 4) is 11.5 Å². The molecule has 1 aromatic carbocycles. The number of rotatable bonds is 2. The van der Waals surface area contributed by atoms with Crippen LogP contribution in [0.2, 0.25) is 0 Å². The summed E-state index contributed by atoms with van der Waals surface area (Å²) in [6, 6.07) is 2.62. The molecule has 0 aromatic heterocycles. The molecule has 0 bridgehead atoms. The Balaban J connectivity index is 2.38. The van der Waals surface area contributed by atoms with Crippen molar-refractivity contribution < 1.29 is 22.6 Å². The van der Waals surface area contributed by atoms with E-state index in [0.717, 1.165) is 0 Å². The third-order valence-electron chi connectivity index (χ3n) is 2.59. The van der Waals surface area contributed by atoms with Gasteiger partial charge in [0.2, 0.25) is 0 Å². The fourth-order valence-corrected chi connectivity index (χ4v) is 2.25. The first kappa shape index (κ1) is 13.3. The topological polar surface area (TPSA) is 18.5 Å². The minimum atomic E-state index is -4.70. The molecular formula is C12H12ClF3O2. The minimum Gasteiger partial charge on any atom is -0.487 e. The van der Waals surface area contributed by atoms with Crippen LogP contribution >= 0.6 is 11.6 Å². The predicted octanol–water partition coefficient (Wildman–Crippen LogP) is 4.04. The van der Waals surface area contributed by atoms with Crippen molar-refractivity contribution in [2.75, 3.05) is 0 Å². The Labute approximate surface area is 108 Å². The molecule has 1 aliphatic heterocycles. The van der Waals surface area contributed by atoms with Crippen molar-refractivity contribution in [3.63, 3.8) is 0 Å². The molecule has 18 heavy (non-hydrogen) atoms. The van der Waals surface area contributed by atoms with E-state index in [0.29, 0.717) is 23.3 Å². The van der Waals surface area contributed by atoms with Crippen molar-refractivity contribution >= 4 is 11.6 Å². The summed E-state index contributed by atoms with van der Waals surface area (Å²) < 4.78 is 46.2. The second-order valence-corrected chi connectivity index (χ2v) is 5.06. The van der Waals surface area contributed by atoms with Crippen molar-refractivity contribution in [1.82, 2.24) is 0 Å². The van der Waals surface area contributed by atoms with Crippen LogP contribution < -0.4 is 9.47 Å². The summed E-state index contributed by atoms with van der Waals surface area (Å²) in [5.41, 5.74) is 0.774. The van der Waals surface area contributed by atoms with Gasteiger partial charge in [0.05, 0.1) is 5.88 Å². The molecular weight excluding hydrogens is 269 g/mol. The normalized spacial score (nSPS) is 17.2. The first-order valence-corrected chi connectivity index (χ1v) is 5.90. The van der Waals surface area contributed by atoms with Crippen LogP contribution in [-0.2, 0) is 12.3 Å². The molecule has 2 nitrogen and oxygen atoms in total. The smallest absolute Gasteiger partial charge is 0.487 e. The molecule has 0 N–H and O–H groups in total. The summed E-state index contributed by atoms with van der Waals surface area (Å²) in [7, 11) is 0. The predicted molar refractivity (Wildman–Crippen MR) is 61.1 cm³/mol. The summed E-state index contributed by atoms with van der Waals surface area (Å²) in [5, 5.41) is 0. The summed E-state index contributed by atoms with van der Waals surface area (Å²) in [5.74, 6) is 0.399. The second kappa shape index (κ2) is 4.23. The van der Waals surface area contributed by atoms with Gasteiger partial charge in [-0.05, 0) is 26.0 Å². The molecule has 0 saturated carbocycles. The van der Waals surface area contributed by atoms with Gasteiger partial charge in [-0.3, -0.25) is 0 Å². The van der Waals surface area contributed by atoms with E-state index in [-0.39, 0.29) is 11.6 Å².